The minimum Gasteiger partial charge on any atom is -0.379 e. The van der Waals surface area contributed by atoms with Crippen LogP contribution in [0.4, 0.5) is 0 Å². The fourth-order valence-electron chi connectivity index (χ4n) is 4.24. The standard InChI is InChI=1S/C21H24N6O3/c28-21(15-3-4-17-18(12-15)24-25-23-17)27-8-11-30-19(14-26-6-9-29-10-7-26)20(27)16-2-1-5-22-13-16/h1-5,12-13,19-20H,6-11,14H2,(H,23,24,25)/t19-,20-/m0/s1. The quantitative estimate of drug-likeness (QED) is 0.694. The predicted octanol–water partition coefficient (Wildman–Crippen LogP) is 1.27. The highest BCUT2D eigenvalue weighted by Gasteiger charge is 2.38. The van der Waals surface area contributed by atoms with Crippen LogP contribution >= 0.6 is 0 Å². The summed E-state index contributed by atoms with van der Waals surface area (Å²) >= 11 is 0. The van der Waals surface area contributed by atoms with E-state index in [2.05, 4.69) is 25.3 Å². The average Bonchev–Trinajstić information content (AvgIpc) is 3.28. The number of aromatic nitrogens is 4. The topological polar surface area (TPSA) is 96.5 Å². The van der Waals surface area contributed by atoms with Crippen LogP contribution in [0, 0.1) is 0 Å². The van der Waals surface area contributed by atoms with Crippen LogP contribution in [0.2, 0.25) is 0 Å². The molecule has 2 aliphatic rings. The maximum Gasteiger partial charge on any atom is 0.254 e. The van der Waals surface area contributed by atoms with E-state index in [9.17, 15) is 4.79 Å². The number of carbonyl (C=O) groups is 1. The molecule has 9 nitrogen and oxygen atoms in total. The third-order valence-electron chi connectivity index (χ3n) is 5.74. The van der Waals surface area contributed by atoms with Crippen molar-refractivity contribution in [2.45, 2.75) is 12.1 Å². The summed E-state index contributed by atoms with van der Waals surface area (Å²) in [6.45, 7) is 4.97. The van der Waals surface area contributed by atoms with Crippen molar-refractivity contribution in [1.29, 1.82) is 0 Å². The van der Waals surface area contributed by atoms with Crippen LogP contribution in [-0.2, 0) is 9.47 Å². The Morgan fingerprint density at radius 2 is 1.97 bits per heavy atom. The van der Waals surface area contributed by atoms with Gasteiger partial charge in [-0.15, -0.1) is 0 Å². The van der Waals surface area contributed by atoms with E-state index in [0.29, 0.717) is 24.2 Å². The van der Waals surface area contributed by atoms with Crippen molar-refractivity contribution in [2.24, 2.45) is 0 Å². The van der Waals surface area contributed by atoms with Crippen LogP contribution in [0.1, 0.15) is 22.0 Å². The number of pyridine rings is 1. The number of morpholine rings is 2. The molecule has 0 spiro atoms. The van der Waals surface area contributed by atoms with Crippen LogP contribution in [0.5, 0.6) is 0 Å². The zero-order valence-corrected chi connectivity index (χ0v) is 16.6. The first kappa shape index (κ1) is 19.1. The highest BCUT2D eigenvalue weighted by molar-refractivity contribution is 5.97. The number of hydrogen-bond acceptors (Lipinski definition) is 7. The molecule has 0 aliphatic carbocycles. The van der Waals surface area contributed by atoms with Gasteiger partial charge in [0.15, 0.2) is 0 Å². The van der Waals surface area contributed by atoms with Gasteiger partial charge in [-0.2, -0.15) is 15.4 Å². The summed E-state index contributed by atoms with van der Waals surface area (Å²) in [4.78, 5) is 22.1. The molecule has 1 aromatic carbocycles. The van der Waals surface area contributed by atoms with Crippen LogP contribution in [0.25, 0.3) is 11.0 Å². The first-order valence-electron chi connectivity index (χ1n) is 10.2. The van der Waals surface area contributed by atoms with Gasteiger partial charge in [0, 0.05) is 44.1 Å². The van der Waals surface area contributed by atoms with E-state index in [1.165, 1.54) is 0 Å². The van der Waals surface area contributed by atoms with Gasteiger partial charge in [0.1, 0.15) is 11.0 Å². The van der Waals surface area contributed by atoms with Crippen molar-refractivity contribution < 1.29 is 14.3 Å². The number of aromatic amines is 1. The molecule has 2 fully saturated rings. The summed E-state index contributed by atoms with van der Waals surface area (Å²) in [5, 5.41) is 10.8. The minimum absolute atomic E-state index is 0.0379. The van der Waals surface area contributed by atoms with Gasteiger partial charge in [0.05, 0.1) is 32.0 Å². The molecule has 156 valence electrons. The van der Waals surface area contributed by atoms with Crippen LogP contribution in [0.15, 0.2) is 42.7 Å². The van der Waals surface area contributed by atoms with E-state index in [0.717, 1.165) is 43.9 Å². The first-order chi connectivity index (χ1) is 14.8. The number of hydrogen-bond donors (Lipinski definition) is 1. The number of nitrogens with zero attached hydrogens (tertiary/aromatic N) is 5. The molecule has 5 rings (SSSR count). The Balaban J connectivity index is 1.45. The molecular weight excluding hydrogens is 384 g/mol. The highest BCUT2D eigenvalue weighted by atomic mass is 16.5. The van der Waals surface area contributed by atoms with Crippen LogP contribution in [0.3, 0.4) is 0 Å². The van der Waals surface area contributed by atoms with E-state index in [1.807, 2.05) is 29.3 Å². The van der Waals surface area contributed by atoms with Crippen molar-refractivity contribution in [3.05, 3.63) is 53.9 Å². The molecule has 2 aliphatic heterocycles. The molecule has 0 bridgehead atoms. The summed E-state index contributed by atoms with van der Waals surface area (Å²) in [6, 6.07) is 9.11. The third-order valence-corrected chi connectivity index (χ3v) is 5.74. The Morgan fingerprint density at radius 1 is 1.10 bits per heavy atom. The van der Waals surface area contributed by atoms with Gasteiger partial charge < -0.3 is 14.4 Å². The predicted molar refractivity (Wildman–Crippen MR) is 109 cm³/mol. The Bertz CT molecular complexity index is 1000. The molecule has 1 N–H and O–H groups in total. The minimum atomic E-state index is -0.212. The van der Waals surface area contributed by atoms with Gasteiger partial charge in [-0.25, -0.2) is 0 Å². The SMILES string of the molecule is O=C(c1ccc2n[nH]nc2c1)N1CCO[C@@H](CN2CCOCC2)[C@@H]1c1cccnc1. The lowest BCUT2D eigenvalue weighted by atomic mass is 9.97. The molecule has 0 saturated carbocycles. The van der Waals surface area contributed by atoms with Crippen molar-refractivity contribution in [3.8, 4) is 0 Å². The largest absolute Gasteiger partial charge is 0.379 e. The second-order valence-electron chi connectivity index (χ2n) is 7.58. The third kappa shape index (κ3) is 3.79. The Morgan fingerprint density at radius 3 is 2.80 bits per heavy atom. The van der Waals surface area contributed by atoms with E-state index >= 15 is 0 Å². The Labute approximate surface area is 174 Å². The van der Waals surface area contributed by atoms with Crippen LogP contribution < -0.4 is 0 Å². The maximum absolute atomic E-state index is 13.5. The van der Waals surface area contributed by atoms with Gasteiger partial charge in [-0.3, -0.25) is 14.7 Å². The van der Waals surface area contributed by atoms with Crippen molar-refractivity contribution >= 4 is 16.9 Å². The van der Waals surface area contributed by atoms with Gasteiger partial charge in [-0.05, 0) is 29.8 Å². The summed E-state index contributed by atoms with van der Waals surface area (Å²) in [6.07, 6.45) is 3.43. The second kappa shape index (κ2) is 8.47. The number of nitrogens with one attached hydrogen (secondary N) is 1. The van der Waals surface area contributed by atoms with E-state index < -0.39 is 0 Å². The van der Waals surface area contributed by atoms with Gasteiger partial charge in [-0.1, -0.05) is 6.07 Å². The number of carbonyl (C=O) groups excluding carboxylic acids is 1. The van der Waals surface area contributed by atoms with E-state index in [-0.39, 0.29) is 18.1 Å². The molecular formula is C21H24N6O3. The lowest BCUT2D eigenvalue weighted by molar-refractivity contribution is -0.0819. The summed E-state index contributed by atoms with van der Waals surface area (Å²) < 4.78 is 11.7. The fourth-order valence-corrected chi connectivity index (χ4v) is 4.24. The normalized spacial score (nSPS) is 23.0. The Kier molecular flexibility index (Phi) is 5.39. The van der Waals surface area contributed by atoms with Crippen molar-refractivity contribution in [2.75, 3.05) is 46.0 Å². The highest BCUT2D eigenvalue weighted by Crippen LogP contribution is 2.31. The number of rotatable bonds is 4. The summed E-state index contributed by atoms with van der Waals surface area (Å²) in [7, 11) is 0. The molecule has 9 heteroatoms. The smallest absolute Gasteiger partial charge is 0.254 e. The zero-order chi connectivity index (χ0) is 20.3. The molecule has 4 heterocycles. The summed E-state index contributed by atoms with van der Waals surface area (Å²) in [5.74, 6) is -0.0379. The maximum atomic E-state index is 13.5. The lowest BCUT2D eigenvalue weighted by Gasteiger charge is -2.43. The average molecular weight is 408 g/mol. The van der Waals surface area contributed by atoms with Gasteiger partial charge >= 0.3 is 0 Å². The number of H-pyrrole nitrogens is 1. The van der Waals surface area contributed by atoms with Gasteiger partial charge in [0.2, 0.25) is 0 Å². The number of amides is 1. The molecule has 30 heavy (non-hydrogen) atoms. The molecule has 2 atom stereocenters. The molecule has 0 radical (unpaired) electrons. The van der Waals surface area contributed by atoms with Crippen molar-refractivity contribution in [1.82, 2.24) is 30.2 Å². The molecule has 0 unspecified atom stereocenters. The Hall–Kier alpha value is -2.88. The molecule has 2 saturated heterocycles. The van der Waals surface area contributed by atoms with E-state index in [4.69, 9.17) is 9.47 Å². The van der Waals surface area contributed by atoms with Crippen molar-refractivity contribution in [3.63, 3.8) is 0 Å². The van der Waals surface area contributed by atoms with E-state index in [1.54, 1.807) is 18.3 Å². The molecule has 3 aromatic rings. The molecule has 2 aromatic heterocycles. The monoisotopic (exact) mass is 408 g/mol. The zero-order valence-electron chi connectivity index (χ0n) is 16.6. The molecule has 1 amide bonds. The van der Waals surface area contributed by atoms with Gasteiger partial charge in [0.25, 0.3) is 5.91 Å². The fraction of sp³-hybridized carbons (Fsp3) is 0.429. The van der Waals surface area contributed by atoms with Crippen LogP contribution in [-0.4, -0.2) is 88.2 Å². The summed E-state index contributed by atoms with van der Waals surface area (Å²) in [5.41, 5.74) is 2.99. The second-order valence-corrected chi connectivity index (χ2v) is 7.58. The first-order valence-corrected chi connectivity index (χ1v) is 10.2. The lowest BCUT2D eigenvalue weighted by Crippen LogP contribution is -2.53. The number of ether oxygens (including phenoxy) is 2. The number of benzene rings is 1. The number of fused-ring (bicyclic) bond motifs is 1.